The van der Waals surface area contributed by atoms with Gasteiger partial charge in [0, 0.05) is 22.3 Å². The number of carbonyl (C=O) groups is 1. The number of carbonyl (C=O) groups excluding carboxylic acids is 1. The highest BCUT2D eigenvalue weighted by Gasteiger charge is 2.36. The molecule has 0 saturated carbocycles. The molecule has 1 unspecified atom stereocenters. The first-order valence-corrected chi connectivity index (χ1v) is 14.4. The lowest BCUT2D eigenvalue weighted by Gasteiger charge is -2.31. The summed E-state index contributed by atoms with van der Waals surface area (Å²) in [7, 11) is 0. The van der Waals surface area contributed by atoms with Crippen molar-refractivity contribution in [2.45, 2.75) is 37.8 Å². The van der Waals surface area contributed by atoms with Gasteiger partial charge in [-0.05, 0) is 67.6 Å². The van der Waals surface area contributed by atoms with Gasteiger partial charge >= 0.3 is 6.03 Å². The molecule has 2 aromatic heterocycles. The predicted molar refractivity (Wildman–Crippen MR) is 158 cm³/mol. The van der Waals surface area contributed by atoms with Gasteiger partial charge in [0.1, 0.15) is 5.82 Å². The van der Waals surface area contributed by atoms with Gasteiger partial charge in [-0.2, -0.15) is 5.10 Å². The summed E-state index contributed by atoms with van der Waals surface area (Å²) in [6.07, 6.45) is 4.88. The van der Waals surface area contributed by atoms with Gasteiger partial charge in [-0.3, -0.25) is 0 Å². The van der Waals surface area contributed by atoms with Crippen LogP contribution in [0.25, 0.3) is 11.5 Å². The molecule has 0 spiro atoms. The highest BCUT2D eigenvalue weighted by molar-refractivity contribution is 7.98. The van der Waals surface area contributed by atoms with Crippen molar-refractivity contribution in [3.05, 3.63) is 125 Å². The third kappa shape index (κ3) is 4.63. The van der Waals surface area contributed by atoms with E-state index in [0.29, 0.717) is 6.54 Å². The molecule has 2 amide bonds. The fourth-order valence-electron chi connectivity index (χ4n) is 5.44. The van der Waals surface area contributed by atoms with E-state index in [1.165, 1.54) is 0 Å². The number of anilines is 1. The van der Waals surface area contributed by atoms with Crippen LogP contribution in [0.2, 0.25) is 0 Å². The van der Waals surface area contributed by atoms with E-state index < -0.39 is 0 Å². The smallest absolute Gasteiger partial charge is 0.308 e. The van der Waals surface area contributed by atoms with Gasteiger partial charge in [-0.25, -0.2) is 9.48 Å². The molecule has 0 aliphatic carbocycles. The Balaban J connectivity index is 1.54. The second kappa shape index (κ2) is 10.5. The largest absolute Gasteiger partial charge is 0.322 e. The van der Waals surface area contributed by atoms with E-state index >= 15 is 0 Å². The number of fused-ring (bicyclic) bond motifs is 3. The Morgan fingerprint density at radius 2 is 1.82 bits per heavy atom. The monoisotopic (exact) mass is 533 g/mol. The van der Waals surface area contributed by atoms with Gasteiger partial charge in [-0.15, -0.1) is 11.8 Å². The molecule has 7 heteroatoms. The van der Waals surface area contributed by atoms with Crippen molar-refractivity contribution in [2.24, 2.45) is 0 Å². The van der Waals surface area contributed by atoms with Crippen molar-refractivity contribution in [3.8, 4) is 11.5 Å². The topological polar surface area (TPSA) is 55.1 Å². The van der Waals surface area contributed by atoms with Crippen molar-refractivity contribution in [1.82, 2.24) is 19.2 Å². The highest BCUT2D eigenvalue weighted by atomic mass is 32.2. The summed E-state index contributed by atoms with van der Waals surface area (Å²) in [5, 5.41) is 8.24. The lowest BCUT2D eigenvalue weighted by molar-refractivity contribution is 0.194. The minimum absolute atomic E-state index is 0.144. The second-order valence-corrected chi connectivity index (χ2v) is 10.6. The van der Waals surface area contributed by atoms with Crippen molar-refractivity contribution in [3.63, 3.8) is 0 Å². The molecule has 1 aliphatic heterocycles. The molecule has 3 aromatic carbocycles. The standard InChI is InChI=1S/C32H31N5OS/c1-4-28-27-21-36(32(38)33-24-13-9-16-26(20-24)39-3)30(23-12-8-11-22(2)19-23)29-17-10-18-35(29)31(27)37(34-28)25-14-6-5-7-15-25/h5-20,30H,4,21H2,1-3H3,(H,33,38). The van der Waals surface area contributed by atoms with Crippen LogP contribution in [0.3, 0.4) is 0 Å². The molecule has 1 N–H and O–H groups in total. The molecule has 3 heterocycles. The van der Waals surface area contributed by atoms with Crippen LogP contribution in [-0.4, -0.2) is 31.5 Å². The molecule has 1 atom stereocenters. The van der Waals surface area contributed by atoms with E-state index in [2.05, 4.69) is 78.5 Å². The van der Waals surface area contributed by atoms with Crippen molar-refractivity contribution < 1.29 is 4.79 Å². The molecule has 0 fully saturated rings. The number of para-hydroxylation sites is 1. The molecule has 0 radical (unpaired) electrons. The van der Waals surface area contributed by atoms with Crippen LogP contribution >= 0.6 is 11.8 Å². The molecule has 6 nitrogen and oxygen atoms in total. The number of thioether (sulfide) groups is 1. The summed E-state index contributed by atoms with van der Waals surface area (Å²) < 4.78 is 4.23. The molecule has 5 aromatic rings. The Morgan fingerprint density at radius 3 is 2.59 bits per heavy atom. The van der Waals surface area contributed by atoms with Crippen LogP contribution in [0.15, 0.2) is 102 Å². The quantitative estimate of drug-likeness (QED) is 0.240. The summed E-state index contributed by atoms with van der Waals surface area (Å²) in [4.78, 5) is 17.2. The maximum atomic E-state index is 14.2. The van der Waals surface area contributed by atoms with E-state index in [1.54, 1.807) is 11.8 Å². The Morgan fingerprint density at radius 1 is 1.00 bits per heavy atom. The molecular formula is C32H31N5OS. The van der Waals surface area contributed by atoms with E-state index in [1.807, 2.05) is 58.3 Å². The fourth-order valence-corrected chi connectivity index (χ4v) is 5.89. The summed E-state index contributed by atoms with van der Waals surface area (Å²) in [5.74, 6) is 0.982. The fraction of sp³-hybridized carbons (Fsp3) is 0.188. The Hall–Kier alpha value is -4.23. The summed E-state index contributed by atoms with van der Waals surface area (Å²) >= 11 is 1.66. The number of urea groups is 1. The minimum atomic E-state index is -0.287. The first-order chi connectivity index (χ1) is 19.1. The number of aryl methyl sites for hydroxylation is 2. The van der Waals surface area contributed by atoms with E-state index in [4.69, 9.17) is 5.10 Å². The predicted octanol–water partition coefficient (Wildman–Crippen LogP) is 7.39. The first-order valence-electron chi connectivity index (χ1n) is 13.2. The lowest BCUT2D eigenvalue weighted by Crippen LogP contribution is -2.38. The van der Waals surface area contributed by atoms with Crippen LogP contribution in [0.5, 0.6) is 0 Å². The number of hydrogen-bond donors (Lipinski definition) is 1. The van der Waals surface area contributed by atoms with Crippen LogP contribution < -0.4 is 5.32 Å². The molecule has 1 aliphatic rings. The zero-order valence-electron chi connectivity index (χ0n) is 22.3. The average Bonchev–Trinajstić information content (AvgIpc) is 3.54. The van der Waals surface area contributed by atoms with Crippen molar-refractivity contribution >= 4 is 23.5 Å². The number of benzene rings is 3. The Labute approximate surface area is 233 Å². The summed E-state index contributed by atoms with van der Waals surface area (Å²) in [6.45, 7) is 4.64. The van der Waals surface area contributed by atoms with Gasteiger partial charge in [0.25, 0.3) is 0 Å². The number of amides is 2. The zero-order valence-corrected chi connectivity index (χ0v) is 23.2. The number of hydrogen-bond acceptors (Lipinski definition) is 3. The number of nitrogens with zero attached hydrogens (tertiary/aromatic N) is 4. The van der Waals surface area contributed by atoms with Gasteiger partial charge < -0.3 is 14.8 Å². The van der Waals surface area contributed by atoms with Gasteiger partial charge in [0.15, 0.2) is 0 Å². The van der Waals surface area contributed by atoms with Crippen molar-refractivity contribution in [1.29, 1.82) is 0 Å². The summed E-state index contributed by atoms with van der Waals surface area (Å²) in [5.41, 5.74) is 7.07. The highest BCUT2D eigenvalue weighted by Crippen LogP contribution is 2.39. The maximum absolute atomic E-state index is 14.2. The van der Waals surface area contributed by atoms with Crippen LogP contribution in [0, 0.1) is 6.92 Å². The lowest BCUT2D eigenvalue weighted by atomic mass is 10.00. The number of nitrogens with one attached hydrogen (secondary N) is 1. The summed E-state index contributed by atoms with van der Waals surface area (Å²) in [6, 6.07) is 30.4. The normalized spacial score (nSPS) is 14.4. The van der Waals surface area contributed by atoms with E-state index in [0.717, 1.165) is 56.6 Å². The maximum Gasteiger partial charge on any atom is 0.322 e. The molecule has 6 rings (SSSR count). The third-order valence-corrected chi connectivity index (χ3v) is 7.97. The van der Waals surface area contributed by atoms with Crippen LogP contribution in [-0.2, 0) is 13.0 Å². The van der Waals surface area contributed by atoms with E-state index in [-0.39, 0.29) is 12.1 Å². The third-order valence-electron chi connectivity index (χ3n) is 7.24. The molecule has 196 valence electrons. The van der Waals surface area contributed by atoms with Crippen molar-refractivity contribution in [2.75, 3.05) is 11.6 Å². The van der Waals surface area contributed by atoms with Gasteiger partial charge in [0.05, 0.1) is 29.7 Å². The Kier molecular flexibility index (Phi) is 6.75. The van der Waals surface area contributed by atoms with Gasteiger partial charge in [0.2, 0.25) is 0 Å². The van der Waals surface area contributed by atoms with E-state index in [9.17, 15) is 4.79 Å². The van der Waals surface area contributed by atoms with Gasteiger partial charge in [-0.1, -0.05) is 61.0 Å². The molecule has 0 saturated heterocycles. The van der Waals surface area contributed by atoms with Crippen LogP contribution in [0.4, 0.5) is 10.5 Å². The molecule has 39 heavy (non-hydrogen) atoms. The molecule has 0 bridgehead atoms. The van der Waals surface area contributed by atoms with Crippen LogP contribution in [0.1, 0.15) is 41.0 Å². The number of rotatable bonds is 5. The SMILES string of the molecule is CCc1nn(-c2ccccc2)c2c1CN(C(=O)Nc1cccc(SC)c1)C(c1cccc(C)c1)c1cccn1-2. The molecular weight excluding hydrogens is 502 g/mol. The first kappa shape index (κ1) is 25.1. The average molecular weight is 534 g/mol. The number of aromatic nitrogens is 3. The second-order valence-electron chi connectivity index (χ2n) is 9.76. The zero-order chi connectivity index (χ0) is 26.9. The Bertz CT molecular complexity index is 1640. The minimum Gasteiger partial charge on any atom is -0.308 e.